The van der Waals surface area contributed by atoms with Crippen LogP contribution >= 0.6 is 0 Å². The van der Waals surface area contributed by atoms with Crippen LogP contribution in [0.1, 0.15) is 56.6 Å². The average Bonchev–Trinajstić information content (AvgIpc) is 2.80. The maximum Gasteiger partial charge on any atom is 0.225 e. The summed E-state index contributed by atoms with van der Waals surface area (Å²) in [7, 11) is 1.41. The summed E-state index contributed by atoms with van der Waals surface area (Å²) in [4.78, 5) is 20.7. The second kappa shape index (κ2) is 10.6. The Morgan fingerprint density at radius 3 is 2.56 bits per heavy atom. The summed E-state index contributed by atoms with van der Waals surface area (Å²) in [6.45, 7) is 4.94. The summed E-state index contributed by atoms with van der Waals surface area (Å²) >= 11 is 0. The van der Waals surface area contributed by atoms with Crippen LogP contribution in [0.25, 0.3) is 0 Å². The summed E-state index contributed by atoms with van der Waals surface area (Å²) in [5.74, 6) is 1.89. The van der Waals surface area contributed by atoms with E-state index in [9.17, 15) is 4.39 Å². The van der Waals surface area contributed by atoms with Crippen LogP contribution in [0.15, 0.2) is 30.6 Å². The second-order valence-corrected chi connectivity index (χ2v) is 9.18. The predicted octanol–water partition coefficient (Wildman–Crippen LogP) is 5.11. The molecule has 0 unspecified atom stereocenters. The van der Waals surface area contributed by atoms with Crippen molar-refractivity contribution in [3.63, 3.8) is 0 Å². The quantitative estimate of drug-likeness (QED) is 0.289. The number of anilines is 1. The van der Waals surface area contributed by atoms with Crippen LogP contribution in [0.5, 0.6) is 5.75 Å². The molecule has 0 N–H and O–H groups in total. The molecule has 0 amide bonds. The van der Waals surface area contributed by atoms with Crippen LogP contribution in [-0.4, -0.2) is 36.8 Å². The van der Waals surface area contributed by atoms with Crippen LogP contribution in [-0.2, 0) is 22.8 Å². The molecule has 1 aromatic carbocycles. The van der Waals surface area contributed by atoms with Gasteiger partial charge in [0.15, 0.2) is 0 Å². The highest BCUT2D eigenvalue weighted by Crippen LogP contribution is 2.54. The molecule has 2 heterocycles. The number of benzene rings is 1. The Hall–Kier alpha value is -2.25. The fourth-order valence-electron chi connectivity index (χ4n) is 5.07. The van der Waals surface area contributed by atoms with Gasteiger partial charge in [0.1, 0.15) is 18.2 Å². The minimum atomic E-state index is -0.335. The van der Waals surface area contributed by atoms with Gasteiger partial charge in [-0.15, -0.1) is 0 Å². The fourth-order valence-corrected chi connectivity index (χ4v) is 5.07. The lowest BCUT2D eigenvalue weighted by Crippen LogP contribution is -2.47. The molecule has 1 aliphatic carbocycles. The van der Waals surface area contributed by atoms with E-state index in [0.717, 1.165) is 37.8 Å². The predicted molar refractivity (Wildman–Crippen MR) is 121 cm³/mol. The first kappa shape index (κ1) is 22.9. The lowest BCUT2D eigenvalue weighted by Gasteiger charge is -2.52. The lowest BCUT2D eigenvalue weighted by molar-refractivity contribution is -0.282. The largest absolute Gasteiger partial charge is 0.493 e. The van der Waals surface area contributed by atoms with E-state index in [1.165, 1.54) is 50.8 Å². The molecule has 0 radical (unpaired) electrons. The van der Waals surface area contributed by atoms with Crippen LogP contribution < -0.4 is 9.64 Å². The maximum atomic E-state index is 14.0. The van der Waals surface area contributed by atoms with E-state index in [0.29, 0.717) is 23.3 Å². The van der Waals surface area contributed by atoms with E-state index < -0.39 is 0 Å². The molecular formula is C25H34FN3O3. The molecule has 1 saturated heterocycles. The molecule has 1 spiro atoms. The molecule has 7 heteroatoms. The Morgan fingerprint density at radius 1 is 1.16 bits per heavy atom. The average molecular weight is 444 g/mol. The SMILES string of the molecule is CCc1cnc(N2CCC3(CC2)CC(CCCOc2ccc(COOC)c(F)c2)C3)nc1. The number of nitrogens with zero attached hydrogens (tertiary/aromatic N) is 3. The summed E-state index contributed by atoms with van der Waals surface area (Å²) in [6, 6.07) is 4.87. The van der Waals surface area contributed by atoms with Gasteiger partial charge in [-0.2, -0.15) is 0 Å². The maximum absolute atomic E-state index is 14.0. The molecule has 2 aliphatic rings. The highest BCUT2D eigenvalue weighted by atomic mass is 19.1. The Kier molecular flexibility index (Phi) is 7.58. The molecule has 0 bridgehead atoms. The number of aromatic nitrogens is 2. The summed E-state index contributed by atoms with van der Waals surface area (Å²) < 4.78 is 19.8. The monoisotopic (exact) mass is 443 g/mol. The lowest BCUT2D eigenvalue weighted by atomic mass is 9.56. The molecule has 1 aromatic heterocycles. The zero-order chi connectivity index (χ0) is 22.4. The summed E-state index contributed by atoms with van der Waals surface area (Å²) in [5, 5.41) is 0. The van der Waals surface area contributed by atoms with E-state index in [4.69, 9.17) is 9.62 Å². The third-order valence-electron chi connectivity index (χ3n) is 7.03. The van der Waals surface area contributed by atoms with Gasteiger partial charge in [-0.3, -0.25) is 0 Å². The number of aryl methyl sites for hydroxylation is 1. The van der Waals surface area contributed by atoms with Crippen molar-refractivity contribution in [1.82, 2.24) is 9.97 Å². The van der Waals surface area contributed by atoms with E-state index in [1.807, 2.05) is 12.4 Å². The zero-order valence-electron chi connectivity index (χ0n) is 19.2. The van der Waals surface area contributed by atoms with Crippen molar-refractivity contribution >= 4 is 5.95 Å². The van der Waals surface area contributed by atoms with Gasteiger partial charge in [0.25, 0.3) is 0 Å². The number of hydrogen-bond donors (Lipinski definition) is 0. The molecule has 6 nitrogen and oxygen atoms in total. The highest BCUT2D eigenvalue weighted by Gasteiger charge is 2.45. The molecule has 0 atom stereocenters. The molecule has 1 aliphatic heterocycles. The van der Waals surface area contributed by atoms with Crippen LogP contribution in [0.4, 0.5) is 10.3 Å². The van der Waals surface area contributed by atoms with Gasteiger partial charge in [0.05, 0.1) is 13.7 Å². The number of hydrogen-bond acceptors (Lipinski definition) is 6. The van der Waals surface area contributed by atoms with Gasteiger partial charge >= 0.3 is 0 Å². The van der Waals surface area contributed by atoms with Crippen LogP contribution in [0.2, 0.25) is 0 Å². The molecule has 4 rings (SSSR count). The Labute approximate surface area is 190 Å². The van der Waals surface area contributed by atoms with Crippen molar-refractivity contribution in [1.29, 1.82) is 0 Å². The van der Waals surface area contributed by atoms with Crippen LogP contribution in [0, 0.1) is 17.2 Å². The van der Waals surface area contributed by atoms with Crippen LogP contribution in [0.3, 0.4) is 0 Å². The van der Waals surface area contributed by atoms with Gasteiger partial charge < -0.3 is 9.64 Å². The second-order valence-electron chi connectivity index (χ2n) is 9.18. The van der Waals surface area contributed by atoms with Crippen molar-refractivity contribution in [3.8, 4) is 5.75 Å². The topological polar surface area (TPSA) is 56.7 Å². The van der Waals surface area contributed by atoms with E-state index in [2.05, 4.69) is 26.7 Å². The zero-order valence-corrected chi connectivity index (χ0v) is 19.2. The molecular weight excluding hydrogens is 409 g/mol. The standard InChI is InChI=1S/C25H34FN3O3/c1-3-19-16-27-24(28-17-19)29-10-8-25(9-11-29)14-20(15-25)5-4-12-31-22-7-6-21(18-32-30-2)23(26)13-22/h6-7,13,16-17,20H,3-5,8-12,14-15,18H2,1-2H3. The van der Waals surface area contributed by atoms with Crippen molar-refractivity contribution < 1.29 is 18.9 Å². The molecule has 2 fully saturated rings. The van der Waals surface area contributed by atoms with E-state index in [-0.39, 0.29) is 12.4 Å². The van der Waals surface area contributed by atoms with Gasteiger partial charge in [0, 0.05) is 37.1 Å². The van der Waals surface area contributed by atoms with Crippen molar-refractivity contribution in [2.75, 3.05) is 31.7 Å². The van der Waals surface area contributed by atoms with Gasteiger partial charge in [-0.05, 0) is 74.0 Å². The molecule has 2 aromatic rings. The highest BCUT2D eigenvalue weighted by molar-refractivity contribution is 5.31. The third-order valence-corrected chi connectivity index (χ3v) is 7.03. The first-order chi connectivity index (χ1) is 15.6. The summed E-state index contributed by atoms with van der Waals surface area (Å²) in [6.07, 6.45) is 12.2. The smallest absolute Gasteiger partial charge is 0.225 e. The Morgan fingerprint density at radius 2 is 1.91 bits per heavy atom. The minimum absolute atomic E-state index is 0.0853. The minimum Gasteiger partial charge on any atom is -0.493 e. The van der Waals surface area contributed by atoms with Gasteiger partial charge in [-0.1, -0.05) is 6.92 Å². The number of ether oxygens (including phenoxy) is 1. The van der Waals surface area contributed by atoms with Crippen molar-refractivity contribution in [3.05, 3.63) is 47.5 Å². The Bertz CT molecular complexity index is 861. The van der Waals surface area contributed by atoms with E-state index in [1.54, 1.807) is 12.1 Å². The molecule has 1 saturated carbocycles. The van der Waals surface area contributed by atoms with Gasteiger partial charge in [0.2, 0.25) is 5.95 Å². The van der Waals surface area contributed by atoms with Crippen molar-refractivity contribution in [2.45, 2.75) is 58.5 Å². The van der Waals surface area contributed by atoms with Gasteiger partial charge in [-0.25, -0.2) is 24.1 Å². The molecule has 174 valence electrons. The first-order valence-corrected chi connectivity index (χ1v) is 11.7. The summed E-state index contributed by atoms with van der Waals surface area (Å²) in [5.41, 5.74) is 2.16. The number of piperidine rings is 1. The number of rotatable bonds is 10. The third kappa shape index (κ3) is 5.56. The fraction of sp³-hybridized carbons (Fsp3) is 0.600. The van der Waals surface area contributed by atoms with E-state index >= 15 is 0 Å². The normalized spacial score (nSPS) is 18.0. The first-order valence-electron chi connectivity index (χ1n) is 11.7. The molecule has 32 heavy (non-hydrogen) atoms. The number of halogens is 1. The van der Waals surface area contributed by atoms with Crippen molar-refractivity contribution in [2.24, 2.45) is 11.3 Å². The Balaban J connectivity index is 1.13.